The second kappa shape index (κ2) is 4.54. The molecule has 1 aromatic carbocycles. The lowest BCUT2D eigenvalue weighted by Crippen LogP contribution is -2.03. The zero-order valence-corrected chi connectivity index (χ0v) is 10.5. The Morgan fingerprint density at radius 1 is 1.41 bits per heavy atom. The van der Waals surface area contributed by atoms with Crippen molar-refractivity contribution in [3.63, 3.8) is 0 Å². The Balaban J connectivity index is 2.87. The SMILES string of the molecule is COc1nc2c(F)cc(Br)c(F)c2cc1CN. The minimum atomic E-state index is -0.616. The third-order valence-corrected chi connectivity index (χ3v) is 2.98. The number of methoxy groups -OCH3 is 1. The van der Waals surface area contributed by atoms with E-state index in [1.54, 1.807) is 0 Å². The normalized spacial score (nSPS) is 10.9. The van der Waals surface area contributed by atoms with Crippen LogP contribution in [0.25, 0.3) is 10.9 Å². The van der Waals surface area contributed by atoms with E-state index in [0.717, 1.165) is 6.07 Å². The van der Waals surface area contributed by atoms with Crippen molar-refractivity contribution < 1.29 is 13.5 Å². The van der Waals surface area contributed by atoms with Crippen LogP contribution in [-0.2, 0) is 6.54 Å². The summed E-state index contributed by atoms with van der Waals surface area (Å²) in [5.41, 5.74) is 5.95. The molecular weight excluding hydrogens is 294 g/mol. The minimum absolute atomic E-state index is 0.0532. The zero-order chi connectivity index (χ0) is 12.6. The van der Waals surface area contributed by atoms with Crippen LogP contribution < -0.4 is 10.5 Å². The number of benzene rings is 1. The van der Waals surface area contributed by atoms with Crippen molar-refractivity contribution in [3.8, 4) is 5.88 Å². The van der Waals surface area contributed by atoms with Crippen LogP contribution in [0.3, 0.4) is 0 Å². The van der Waals surface area contributed by atoms with Gasteiger partial charge in [0.2, 0.25) is 5.88 Å². The van der Waals surface area contributed by atoms with Crippen molar-refractivity contribution in [1.29, 1.82) is 0 Å². The largest absolute Gasteiger partial charge is 0.481 e. The molecule has 2 N–H and O–H groups in total. The van der Waals surface area contributed by atoms with Gasteiger partial charge in [-0.2, -0.15) is 0 Å². The van der Waals surface area contributed by atoms with Crippen molar-refractivity contribution in [2.45, 2.75) is 6.54 Å². The van der Waals surface area contributed by atoms with Crippen molar-refractivity contribution >= 4 is 26.8 Å². The fourth-order valence-corrected chi connectivity index (χ4v) is 2.00. The third-order valence-electron chi connectivity index (χ3n) is 2.40. The van der Waals surface area contributed by atoms with Gasteiger partial charge < -0.3 is 10.5 Å². The maximum absolute atomic E-state index is 13.8. The summed E-state index contributed by atoms with van der Waals surface area (Å²) < 4.78 is 32.5. The molecule has 0 unspecified atom stereocenters. The Hall–Kier alpha value is -1.27. The predicted octanol–water partition coefficient (Wildman–Crippen LogP) is 2.74. The van der Waals surface area contributed by atoms with E-state index in [1.807, 2.05) is 0 Å². The van der Waals surface area contributed by atoms with Gasteiger partial charge in [-0.3, -0.25) is 0 Å². The molecule has 0 amide bonds. The Kier molecular flexibility index (Phi) is 3.26. The van der Waals surface area contributed by atoms with E-state index >= 15 is 0 Å². The number of pyridine rings is 1. The Morgan fingerprint density at radius 2 is 2.12 bits per heavy atom. The number of fused-ring (bicyclic) bond motifs is 1. The van der Waals surface area contributed by atoms with Crippen LogP contribution in [0.15, 0.2) is 16.6 Å². The van der Waals surface area contributed by atoms with E-state index in [9.17, 15) is 8.78 Å². The molecule has 2 aromatic rings. The molecule has 0 fully saturated rings. The van der Waals surface area contributed by atoms with Crippen molar-refractivity contribution in [2.75, 3.05) is 7.11 Å². The van der Waals surface area contributed by atoms with Gasteiger partial charge in [-0.25, -0.2) is 13.8 Å². The molecule has 17 heavy (non-hydrogen) atoms. The molecule has 0 atom stereocenters. The number of hydrogen-bond acceptors (Lipinski definition) is 3. The quantitative estimate of drug-likeness (QED) is 0.868. The van der Waals surface area contributed by atoms with Crippen molar-refractivity contribution in [2.24, 2.45) is 5.73 Å². The van der Waals surface area contributed by atoms with E-state index in [2.05, 4.69) is 20.9 Å². The van der Waals surface area contributed by atoms with E-state index in [-0.39, 0.29) is 27.8 Å². The molecule has 0 saturated carbocycles. The first-order valence-corrected chi connectivity index (χ1v) is 5.59. The van der Waals surface area contributed by atoms with Gasteiger partial charge in [0.05, 0.1) is 11.6 Å². The molecule has 0 saturated heterocycles. The number of nitrogens with zero attached hydrogens (tertiary/aromatic N) is 1. The summed E-state index contributed by atoms with van der Waals surface area (Å²) in [7, 11) is 1.40. The van der Waals surface area contributed by atoms with Crippen LogP contribution >= 0.6 is 15.9 Å². The molecule has 6 heteroatoms. The lowest BCUT2D eigenvalue weighted by molar-refractivity contribution is 0.394. The second-order valence-electron chi connectivity index (χ2n) is 3.41. The van der Waals surface area contributed by atoms with Crippen LogP contribution in [0.4, 0.5) is 8.78 Å². The van der Waals surface area contributed by atoms with E-state index in [0.29, 0.717) is 5.56 Å². The Morgan fingerprint density at radius 3 is 2.71 bits per heavy atom. The molecule has 0 spiro atoms. The number of hydrogen-bond donors (Lipinski definition) is 1. The average molecular weight is 303 g/mol. The molecule has 0 aliphatic heterocycles. The lowest BCUT2D eigenvalue weighted by atomic mass is 10.1. The highest BCUT2D eigenvalue weighted by Gasteiger charge is 2.15. The first-order chi connectivity index (χ1) is 8.08. The van der Waals surface area contributed by atoms with Crippen LogP contribution in [0.5, 0.6) is 5.88 Å². The topological polar surface area (TPSA) is 48.1 Å². The van der Waals surface area contributed by atoms with E-state index in [4.69, 9.17) is 10.5 Å². The highest BCUT2D eigenvalue weighted by atomic mass is 79.9. The smallest absolute Gasteiger partial charge is 0.218 e. The maximum Gasteiger partial charge on any atom is 0.218 e. The fourth-order valence-electron chi connectivity index (χ4n) is 1.58. The monoisotopic (exact) mass is 302 g/mol. The molecule has 1 aromatic heterocycles. The predicted molar refractivity (Wildman–Crippen MR) is 63.8 cm³/mol. The van der Waals surface area contributed by atoms with Gasteiger partial charge in [0.25, 0.3) is 0 Å². The zero-order valence-electron chi connectivity index (χ0n) is 8.93. The molecule has 1 heterocycles. The standard InChI is InChI=1S/C11H9BrF2N2O/c1-17-11-5(4-15)2-6-9(14)7(12)3-8(13)10(6)16-11/h2-3H,4,15H2,1H3. The molecule has 3 nitrogen and oxygen atoms in total. The first kappa shape index (κ1) is 12.2. The number of halogens is 3. The number of rotatable bonds is 2. The van der Waals surface area contributed by atoms with Gasteiger partial charge in [-0.1, -0.05) is 0 Å². The average Bonchev–Trinajstić information content (AvgIpc) is 2.34. The number of ether oxygens (including phenoxy) is 1. The van der Waals surface area contributed by atoms with Gasteiger partial charge in [0.15, 0.2) is 5.82 Å². The highest BCUT2D eigenvalue weighted by molar-refractivity contribution is 9.10. The third kappa shape index (κ3) is 1.98. The van der Waals surface area contributed by atoms with Gasteiger partial charge in [0, 0.05) is 17.5 Å². The summed E-state index contributed by atoms with van der Waals surface area (Å²) in [6.45, 7) is 0.139. The fraction of sp³-hybridized carbons (Fsp3) is 0.182. The lowest BCUT2D eigenvalue weighted by Gasteiger charge is -2.09. The highest BCUT2D eigenvalue weighted by Crippen LogP contribution is 2.30. The van der Waals surface area contributed by atoms with Crippen LogP contribution in [0.2, 0.25) is 0 Å². The number of nitrogens with two attached hydrogens (primary N) is 1. The van der Waals surface area contributed by atoms with Crippen LogP contribution in [-0.4, -0.2) is 12.1 Å². The molecule has 0 radical (unpaired) electrons. The van der Waals surface area contributed by atoms with Gasteiger partial charge >= 0.3 is 0 Å². The Bertz CT molecular complexity index is 589. The Labute approximate surface area is 105 Å². The summed E-state index contributed by atoms with van der Waals surface area (Å²) in [5, 5.41) is 0.0816. The van der Waals surface area contributed by atoms with Crippen molar-refractivity contribution in [3.05, 3.63) is 33.8 Å². The molecule has 0 aliphatic rings. The minimum Gasteiger partial charge on any atom is -0.481 e. The maximum atomic E-state index is 13.8. The summed E-state index contributed by atoms with van der Waals surface area (Å²) in [4.78, 5) is 3.93. The van der Waals surface area contributed by atoms with Gasteiger partial charge in [-0.05, 0) is 28.1 Å². The molecular formula is C11H9BrF2N2O. The first-order valence-electron chi connectivity index (χ1n) is 4.79. The molecule has 0 bridgehead atoms. The van der Waals surface area contributed by atoms with Gasteiger partial charge in [-0.15, -0.1) is 0 Å². The summed E-state index contributed by atoms with van der Waals surface area (Å²) >= 11 is 2.94. The molecule has 0 aliphatic carbocycles. The van der Waals surface area contributed by atoms with Crippen molar-refractivity contribution in [1.82, 2.24) is 4.98 Å². The van der Waals surface area contributed by atoms with Crippen LogP contribution in [0, 0.1) is 11.6 Å². The van der Waals surface area contributed by atoms with Crippen LogP contribution in [0.1, 0.15) is 5.56 Å². The molecule has 90 valence electrons. The summed E-state index contributed by atoms with van der Waals surface area (Å²) in [5.74, 6) is -0.970. The molecule has 2 rings (SSSR count). The van der Waals surface area contributed by atoms with Gasteiger partial charge in [0.1, 0.15) is 11.3 Å². The summed E-state index contributed by atoms with van der Waals surface area (Å²) in [6.07, 6.45) is 0. The summed E-state index contributed by atoms with van der Waals surface area (Å²) in [6, 6.07) is 2.48. The second-order valence-corrected chi connectivity index (χ2v) is 4.27. The number of aromatic nitrogens is 1. The van der Waals surface area contributed by atoms with E-state index in [1.165, 1.54) is 13.2 Å². The van der Waals surface area contributed by atoms with E-state index < -0.39 is 11.6 Å².